The number of rotatable bonds is 6. The molecule has 18 aromatic rings. The normalized spacial score (nSPS) is 13.8. The molecule has 0 unspecified atom stereocenters. The third-order valence-corrected chi connectivity index (χ3v) is 40.7. The number of fused-ring (bicyclic) bond motifs is 21. The molecular formula is C93H66S3Si3. The van der Waals surface area contributed by atoms with Gasteiger partial charge in [0, 0.05) is 60.5 Å². The van der Waals surface area contributed by atoms with E-state index in [9.17, 15) is 0 Å². The van der Waals surface area contributed by atoms with E-state index in [1.54, 1.807) is 15.6 Å². The molecule has 6 heterocycles. The van der Waals surface area contributed by atoms with Crippen LogP contribution in [-0.4, -0.2) is 24.2 Å². The molecule has 99 heavy (non-hydrogen) atoms. The van der Waals surface area contributed by atoms with Crippen LogP contribution < -0.4 is 62.2 Å². The molecule has 0 radical (unpaired) electrons. The van der Waals surface area contributed by atoms with Gasteiger partial charge < -0.3 is 0 Å². The summed E-state index contributed by atoms with van der Waals surface area (Å²) in [5.41, 5.74) is 12.5. The maximum Gasteiger partial charge on any atom is 0.182 e. The Morgan fingerprint density at radius 1 is 0.202 bits per heavy atom. The highest BCUT2D eigenvalue weighted by Crippen LogP contribution is 2.44. The predicted molar refractivity (Wildman–Crippen MR) is 440 cm³/mol. The number of thiophene rings is 3. The molecule has 0 bridgehead atoms. The molecule has 0 fully saturated rings. The van der Waals surface area contributed by atoms with Gasteiger partial charge in [-0.25, -0.2) is 0 Å². The second-order valence-corrected chi connectivity index (χ2v) is 41.1. The molecule has 0 saturated heterocycles. The summed E-state index contributed by atoms with van der Waals surface area (Å²) in [7, 11) is -7.37. The van der Waals surface area contributed by atoms with Gasteiger partial charge in [-0.05, 0) is 146 Å². The van der Waals surface area contributed by atoms with Crippen LogP contribution >= 0.6 is 34.0 Å². The predicted octanol–water partition coefficient (Wildman–Crippen LogP) is 17.2. The van der Waals surface area contributed by atoms with Crippen LogP contribution in [0.5, 0.6) is 0 Å². The van der Waals surface area contributed by atoms with Gasteiger partial charge in [0.1, 0.15) is 0 Å². The molecule has 0 atom stereocenters. The van der Waals surface area contributed by atoms with Crippen molar-refractivity contribution in [3.05, 3.63) is 362 Å². The average Bonchev–Trinajstić information content (AvgIpc) is 1.55. The fraction of sp³-hybridized carbons (Fsp3) is 0.0323. The quantitative estimate of drug-likeness (QED) is 0.146. The molecular weight excluding hydrogens is 1300 g/mol. The molecule has 0 N–H and O–H groups in total. The van der Waals surface area contributed by atoms with E-state index in [0.717, 1.165) is 0 Å². The lowest BCUT2D eigenvalue weighted by atomic mass is 10.0. The molecule has 0 spiro atoms. The van der Waals surface area contributed by atoms with Gasteiger partial charge in [-0.2, -0.15) is 0 Å². The standard InChI is InChI=1S/3C31H22SSi/c1-21-11-10-17-25-26-19-20-27-24-16-8-9-18-28(24)33(22-12-4-2-5-13-22,23-14-6-3-7-15-23)31(27)30(26)32-29(21)25;1-21-16-19-28-27(20-21)25-17-18-26-24-14-8-9-15-29(24)33(31(26)30(25)32-28,22-10-4-2-5-11-22)23-12-6-3-7-13-23;1-21-16-17-24-26-18-19-27-25-14-8-9-15-29(25)33(22-10-4-2-5-11-22,23-12-6-3-7-13-23)31(27)30(26)32-28(24)20-21/h3*2-20H,1H3. The summed E-state index contributed by atoms with van der Waals surface area (Å²) < 4.78 is 8.57. The van der Waals surface area contributed by atoms with Gasteiger partial charge in [0.25, 0.3) is 0 Å². The van der Waals surface area contributed by atoms with Gasteiger partial charge in [0.15, 0.2) is 24.2 Å². The first-order valence-electron chi connectivity index (χ1n) is 34.4. The number of hydrogen-bond acceptors (Lipinski definition) is 3. The Bertz CT molecular complexity index is 5920. The average molecular weight is 1360 g/mol. The van der Waals surface area contributed by atoms with Gasteiger partial charge in [-0.1, -0.05) is 333 Å². The molecule has 3 aromatic heterocycles. The number of benzene rings is 15. The summed E-state index contributed by atoms with van der Waals surface area (Å²) in [6, 6.07) is 130. The van der Waals surface area contributed by atoms with Crippen molar-refractivity contribution in [1.82, 2.24) is 0 Å². The van der Waals surface area contributed by atoms with E-state index in [-0.39, 0.29) is 0 Å². The maximum absolute atomic E-state index is 2.46. The minimum Gasteiger partial charge on any atom is -0.135 e. The third kappa shape index (κ3) is 8.83. The van der Waals surface area contributed by atoms with Crippen LogP contribution in [-0.2, 0) is 0 Å². The zero-order valence-corrected chi connectivity index (χ0v) is 60.6. The van der Waals surface area contributed by atoms with Crippen LogP contribution in [0.1, 0.15) is 16.7 Å². The lowest BCUT2D eigenvalue weighted by Crippen LogP contribution is -2.72. The molecule has 0 saturated carbocycles. The van der Waals surface area contributed by atoms with Crippen LogP contribution in [0, 0.1) is 20.8 Å². The first kappa shape index (κ1) is 59.8. The maximum atomic E-state index is 2.39. The van der Waals surface area contributed by atoms with Gasteiger partial charge in [-0.3, -0.25) is 0 Å². The summed E-state index contributed by atoms with van der Waals surface area (Å²) in [5, 5.41) is 26.4. The van der Waals surface area contributed by atoms with Crippen molar-refractivity contribution in [1.29, 1.82) is 0 Å². The zero-order chi connectivity index (χ0) is 66.0. The SMILES string of the molecule is Cc1ccc2c(c1)sc1c3c(ccc12)-c1ccccc1[Si]3(c1ccccc1)c1ccccc1.Cc1ccc2sc3c4c(ccc3c2c1)-c1ccccc1[Si]4(c1ccccc1)c1ccccc1.Cc1cccc2c1sc1c3c(ccc12)-c1ccccc1[Si]3(c1ccccc1)c1ccccc1. The summed E-state index contributed by atoms with van der Waals surface area (Å²) in [6.45, 7) is 6.63. The monoisotopic (exact) mass is 1360 g/mol. The van der Waals surface area contributed by atoms with Gasteiger partial charge >= 0.3 is 0 Å². The van der Waals surface area contributed by atoms with Crippen molar-refractivity contribution in [3.63, 3.8) is 0 Å². The molecule has 6 heteroatoms. The molecule has 21 rings (SSSR count). The van der Waals surface area contributed by atoms with Crippen LogP contribution in [0.4, 0.5) is 0 Å². The first-order chi connectivity index (χ1) is 48.9. The fourth-order valence-corrected chi connectivity index (χ4v) is 38.9. The Balaban J connectivity index is 0.000000104. The van der Waals surface area contributed by atoms with E-state index in [0.29, 0.717) is 0 Å². The van der Waals surface area contributed by atoms with E-state index in [2.05, 4.69) is 367 Å². The van der Waals surface area contributed by atoms with Crippen LogP contribution in [0.25, 0.3) is 93.9 Å². The Morgan fingerprint density at radius 2 is 0.515 bits per heavy atom. The first-order valence-corrected chi connectivity index (χ1v) is 42.8. The highest BCUT2D eigenvalue weighted by Gasteiger charge is 2.53. The summed E-state index contributed by atoms with van der Waals surface area (Å²) >= 11 is 5.94. The Kier molecular flexibility index (Phi) is 14.3. The van der Waals surface area contributed by atoms with E-state index in [4.69, 9.17) is 0 Å². The highest BCUT2D eigenvalue weighted by molar-refractivity contribution is 7.33. The highest BCUT2D eigenvalue weighted by atomic mass is 32.1. The number of aryl methyl sites for hydroxylation is 3. The minimum absolute atomic E-state index is 1.32. The van der Waals surface area contributed by atoms with Gasteiger partial charge in [0.2, 0.25) is 0 Å². The third-order valence-electron chi connectivity index (χ3n) is 21.7. The van der Waals surface area contributed by atoms with Gasteiger partial charge in [0.05, 0.1) is 0 Å². The molecule has 15 aromatic carbocycles. The Hall–Kier alpha value is -10.4. The Morgan fingerprint density at radius 3 is 0.929 bits per heavy atom. The molecule has 3 aliphatic rings. The van der Waals surface area contributed by atoms with Crippen molar-refractivity contribution in [3.8, 4) is 33.4 Å². The fourth-order valence-electron chi connectivity index (χ4n) is 17.7. The van der Waals surface area contributed by atoms with Crippen molar-refractivity contribution in [2.75, 3.05) is 0 Å². The Labute approximate surface area is 592 Å². The van der Waals surface area contributed by atoms with Crippen LogP contribution in [0.15, 0.2) is 346 Å². The second kappa shape index (κ2) is 23.7. The van der Waals surface area contributed by atoms with E-state index >= 15 is 0 Å². The van der Waals surface area contributed by atoms with E-state index < -0.39 is 24.2 Å². The smallest absolute Gasteiger partial charge is 0.135 e. The largest absolute Gasteiger partial charge is 0.182 e. The van der Waals surface area contributed by atoms with Crippen LogP contribution in [0.2, 0.25) is 0 Å². The summed E-state index contributed by atoms with van der Waals surface area (Å²) in [6.07, 6.45) is 0. The van der Waals surface area contributed by atoms with E-state index in [1.165, 1.54) is 157 Å². The number of hydrogen-bond donors (Lipinski definition) is 0. The van der Waals surface area contributed by atoms with Crippen LogP contribution in [0.3, 0.4) is 0 Å². The lowest BCUT2D eigenvalue weighted by Gasteiger charge is -2.31. The molecule has 3 aliphatic heterocycles. The van der Waals surface area contributed by atoms with E-state index in [1.807, 2.05) is 34.0 Å². The molecule has 0 aliphatic carbocycles. The summed E-state index contributed by atoms with van der Waals surface area (Å²) in [4.78, 5) is 0. The lowest BCUT2D eigenvalue weighted by molar-refractivity contribution is 1.52. The second-order valence-electron chi connectivity index (χ2n) is 26.9. The zero-order valence-electron chi connectivity index (χ0n) is 55.1. The van der Waals surface area contributed by atoms with Crippen molar-refractivity contribution in [2.24, 2.45) is 0 Å². The summed E-state index contributed by atoms with van der Waals surface area (Å²) in [5.74, 6) is 0. The van der Waals surface area contributed by atoms with Crippen molar-refractivity contribution >= 4 is 181 Å². The minimum atomic E-state index is -2.46. The molecule has 0 amide bonds. The molecule has 0 nitrogen and oxygen atoms in total. The van der Waals surface area contributed by atoms with Gasteiger partial charge in [-0.15, -0.1) is 34.0 Å². The molecule has 468 valence electrons. The van der Waals surface area contributed by atoms with Crippen molar-refractivity contribution in [2.45, 2.75) is 20.8 Å². The van der Waals surface area contributed by atoms with Crippen molar-refractivity contribution < 1.29 is 0 Å². The topological polar surface area (TPSA) is 0 Å².